The molecule has 2 aromatic rings. The van der Waals surface area contributed by atoms with Crippen molar-refractivity contribution in [3.05, 3.63) is 30.2 Å². The van der Waals surface area contributed by atoms with Crippen LogP contribution in [-0.2, 0) is 6.42 Å². The first kappa shape index (κ1) is 8.19. The fourth-order valence-electron chi connectivity index (χ4n) is 1.31. The third kappa shape index (κ3) is 1.53. The van der Waals surface area contributed by atoms with E-state index in [1.807, 2.05) is 25.5 Å². The Kier molecular flexibility index (Phi) is 2.23. The molecule has 0 spiro atoms. The van der Waals surface area contributed by atoms with E-state index in [2.05, 4.69) is 15.4 Å². The smallest absolute Gasteiger partial charge is 0.158 e. The van der Waals surface area contributed by atoms with Gasteiger partial charge in [-0.25, -0.2) is 9.50 Å². The first-order chi connectivity index (χ1) is 6.42. The number of rotatable bonds is 3. The molecule has 0 aliphatic rings. The van der Waals surface area contributed by atoms with Gasteiger partial charge in [0.2, 0.25) is 0 Å². The van der Waals surface area contributed by atoms with E-state index < -0.39 is 0 Å². The lowest BCUT2D eigenvalue weighted by Crippen LogP contribution is -2.10. The Labute approximate surface area is 76.6 Å². The number of hydrogen-bond donors (Lipinski definition) is 1. The van der Waals surface area contributed by atoms with Crippen molar-refractivity contribution in [2.24, 2.45) is 0 Å². The topological polar surface area (TPSA) is 42.2 Å². The van der Waals surface area contributed by atoms with Crippen molar-refractivity contribution >= 4 is 5.65 Å². The zero-order valence-electron chi connectivity index (χ0n) is 7.57. The minimum Gasteiger partial charge on any atom is -0.319 e. The van der Waals surface area contributed by atoms with Gasteiger partial charge in [0.1, 0.15) is 0 Å². The van der Waals surface area contributed by atoms with Crippen LogP contribution in [0.2, 0.25) is 0 Å². The van der Waals surface area contributed by atoms with Gasteiger partial charge in [0, 0.05) is 18.0 Å². The van der Waals surface area contributed by atoms with Crippen molar-refractivity contribution in [2.45, 2.75) is 6.42 Å². The molecule has 13 heavy (non-hydrogen) atoms. The van der Waals surface area contributed by atoms with Crippen LogP contribution in [0.15, 0.2) is 24.7 Å². The van der Waals surface area contributed by atoms with Crippen LogP contribution in [0.25, 0.3) is 5.65 Å². The van der Waals surface area contributed by atoms with Crippen LogP contribution in [0.4, 0.5) is 0 Å². The first-order valence-electron chi connectivity index (χ1n) is 4.33. The summed E-state index contributed by atoms with van der Waals surface area (Å²) in [4.78, 5) is 4.27. The normalized spacial score (nSPS) is 10.8. The van der Waals surface area contributed by atoms with E-state index in [1.165, 1.54) is 5.56 Å². The highest BCUT2D eigenvalue weighted by atomic mass is 15.2. The van der Waals surface area contributed by atoms with Gasteiger partial charge >= 0.3 is 0 Å². The lowest BCUT2D eigenvalue weighted by Gasteiger charge is -1.96. The SMILES string of the molecule is CNCCc1cnn2cccnc12. The number of hydrogen-bond acceptors (Lipinski definition) is 3. The molecule has 2 heterocycles. The molecular weight excluding hydrogens is 164 g/mol. The second-order valence-electron chi connectivity index (χ2n) is 2.91. The summed E-state index contributed by atoms with van der Waals surface area (Å²) in [6.45, 7) is 0.956. The highest BCUT2D eigenvalue weighted by Gasteiger charge is 2.02. The Balaban J connectivity index is 2.35. The summed E-state index contributed by atoms with van der Waals surface area (Å²) in [6.07, 6.45) is 6.54. The molecule has 0 aliphatic heterocycles. The first-order valence-corrected chi connectivity index (χ1v) is 4.33. The van der Waals surface area contributed by atoms with Crippen LogP contribution in [0.3, 0.4) is 0 Å². The van der Waals surface area contributed by atoms with Gasteiger partial charge in [-0.1, -0.05) is 0 Å². The number of nitrogens with zero attached hydrogens (tertiary/aromatic N) is 3. The van der Waals surface area contributed by atoms with Crippen molar-refractivity contribution in [1.82, 2.24) is 19.9 Å². The fourth-order valence-corrected chi connectivity index (χ4v) is 1.31. The largest absolute Gasteiger partial charge is 0.319 e. The molecule has 0 saturated carbocycles. The second-order valence-corrected chi connectivity index (χ2v) is 2.91. The third-order valence-corrected chi connectivity index (χ3v) is 2.00. The van der Waals surface area contributed by atoms with Crippen molar-refractivity contribution in [3.8, 4) is 0 Å². The summed E-state index contributed by atoms with van der Waals surface area (Å²) < 4.78 is 1.80. The van der Waals surface area contributed by atoms with Gasteiger partial charge in [-0.2, -0.15) is 5.10 Å². The molecule has 4 heteroatoms. The maximum absolute atomic E-state index is 4.27. The monoisotopic (exact) mass is 176 g/mol. The highest BCUT2D eigenvalue weighted by Crippen LogP contribution is 2.06. The van der Waals surface area contributed by atoms with Crippen molar-refractivity contribution < 1.29 is 0 Å². The average Bonchev–Trinajstić information content (AvgIpc) is 2.58. The van der Waals surface area contributed by atoms with E-state index in [4.69, 9.17) is 0 Å². The molecule has 2 rings (SSSR count). The molecule has 1 N–H and O–H groups in total. The molecule has 0 bridgehead atoms. The molecule has 0 radical (unpaired) electrons. The van der Waals surface area contributed by atoms with E-state index in [0.717, 1.165) is 18.6 Å². The molecule has 4 nitrogen and oxygen atoms in total. The summed E-state index contributed by atoms with van der Waals surface area (Å²) in [5.74, 6) is 0. The minimum atomic E-state index is 0.956. The van der Waals surface area contributed by atoms with E-state index in [-0.39, 0.29) is 0 Å². The Morgan fingerprint density at radius 2 is 2.46 bits per heavy atom. The van der Waals surface area contributed by atoms with Gasteiger partial charge in [-0.15, -0.1) is 0 Å². The molecule has 0 amide bonds. The predicted octanol–water partition coefficient (Wildman–Crippen LogP) is 0.491. The van der Waals surface area contributed by atoms with Gasteiger partial charge in [0.05, 0.1) is 6.20 Å². The molecule has 2 aromatic heterocycles. The van der Waals surface area contributed by atoms with Crippen LogP contribution in [-0.4, -0.2) is 28.2 Å². The lowest BCUT2D eigenvalue weighted by molar-refractivity contribution is 0.793. The Bertz CT molecular complexity index is 393. The lowest BCUT2D eigenvalue weighted by atomic mass is 10.2. The Morgan fingerprint density at radius 3 is 3.31 bits per heavy atom. The van der Waals surface area contributed by atoms with Crippen LogP contribution in [0, 0.1) is 0 Å². The molecule has 0 atom stereocenters. The highest BCUT2D eigenvalue weighted by molar-refractivity contribution is 5.45. The molecule has 0 saturated heterocycles. The molecule has 0 aromatic carbocycles. The van der Waals surface area contributed by atoms with E-state index >= 15 is 0 Å². The summed E-state index contributed by atoms with van der Waals surface area (Å²) >= 11 is 0. The Morgan fingerprint density at radius 1 is 1.54 bits per heavy atom. The fraction of sp³-hybridized carbons (Fsp3) is 0.333. The van der Waals surface area contributed by atoms with Crippen molar-refractivity contribution in [1.29, 1.82) is 0 Å². The summed E-state index contributed by atoms with van der Waals surface area (Å²) in [7, 11) is 1.94. The number of aromatic nitrogens is 3. The number of nitrogens with one attached hydrogen (secondary N) is 1. The molecule has 68 valence electrons. The number of likely N-dealkylation sites (N-methyl/N-ethyl adjacent to an activating group) is 1. The van der Waals surface area contributed by atoms with Crippen LogP contribution in [0.1, 0.15) is 5.56 Å². The maximum atomic E-state index is 4.27. The van der Waals surface area contributed by atoms with Gasteiger partial charge in [0.15, 0.2) is 5.65 Å². The zero-order valence-corrected chi connectivity index (χ0v) is 7.57. The third-order valence-electron chi connectivity index (χ3n) is 2.00. The van der Waals surface area contributed by atoms with E-state index in [9.17, 15) is 0 Å². The van der Waals surface area contributed by atoms with Crippen LogP contribution >= 0.6 is 0 Å². The summed E-state index contributed by atoms with van der Waals surface area (Å²) in [5.41, 5.74) is 2.15. The summed E-state index contributed by atoms with van der Waals surface area (Å²) in [5, 5.41) is 7.30. The molecule has 0 unspecified atom stereocenters. The van der Waals surface area contributed by atoms with E-state index in [1.54, 1.807) is 10.7 Å². The maximum Gasteiger partial charge on any atom is 0.158 e. The van der Waals surface area contributed by atoms with Gasteiger partial charge in [0.25, 0.3) is 0 Å². The van der Waals surface area contributed by atoms with Crippen molar-refractivity contribution in [3.63, 3.8) is 0 Å². The Hall–Kier alpha value is -1.42. The minimum absolute atomic E-state index is 0.956. The standard InChI is InChI=1S/C9H12N4/c1-10-5-3-8-7-12-13-6-2-4-11-9(8)13/h2,4,6-7,10H,3,5H2,1H3. The number of fused-ring (bicyclic) bond motifs is 1. The quantitative estimate of drug-likeness (QED) is 0.740. The van der Waals surface area contributed by atoms with Gasteiger partial charge in [-0.3, -0.25) is 0 Å². The summed E-state index contributed by atoms with van der Waals surface area (Å²) in [6, 6.07) is 1.88. The molecule has 0 aliphatic carbocycles. The molecular formula is C9H12N4. The van der Waals surface area contributed by atoms with Gasteiger partial charge in [-0.05, 0) is 26.1 Å². The van der Waals surface area contributed by atoms with Crippen LogP contribution in [0.5, 0.6) is 0 Å². The van der Waals surface area contributed by atoms with Crippen molar-refractivity contribution in [2.75, 3.05) is 13.6 Å². The predicted molar refractivity (Wildman–Crippen MR) is 50.6 cm³/mol. The second kappa shape index (κ2) is 3.53. The van der Waals surface area contributed by atoms with Gasteiger partial charge < -0.3 is 5.32 Å². The zero-order chi connectivity index (χ0) is 9.10. The molecule has 0 fully saturated rings. The van der Waals surface area contributed by atoms with Crippen LogP contribution < -0.4 is 5.32 Å². The average molecular weight is 176 g/mol. The van der Waals surface area contributed by atoms with E-state index in [0.29, 0.717) is 0 Å².